The Labute approximate surface area is 104 Å². The molecule has 0 saturated carbocycles. The molecule has 0 aromatic heterocycles. The molecule has 4 heteroatoms. The van der Waals surface area contributed by atoms with Crippen LogP contribution in [0.2, 0.25) is 0 Å². The summed E-state index contributed by atoms with van der Waals surface area (Å²) in [6.07, 6.45) is 3.85. The molecule has 2 aromatic carbocycles. The van der Waals surface area contributed by atoms with E-state index in [0.29, 0.717) is 5.69 Å². The van der Waals surface area contributed by atoms with Gasteiger partial charge in [-0.25, -0.2) is 0 Å². The highest BCUT2D eigenvalue weighted by Crippen LogP contribution is 2.36. The minimum absolute atomic E-state index is 0.0915. The second kappa shape index (κ2) is 4.00. The average molecular weight is 238 g/mol. The summed E-state index contributed by atoms with van der Waals surface area (Å²) in [5.74, 6) is 0. The summed E-state index contributed by atoms with van der Waals surface area (Å²) < 4.78 is 0. The maximum absolute atomic E-state index is 11.0. The predicted molar refractivity (Wildman–Crippen MR) is 71.7 cm³/mol. The average Bonchev–Trinajstić information content (AvgIpc) is 2.57. The predicted octanol–water partition coefficient (Wildman–Crippen LogP) is 3.82. The summed E-state index contributed by atoms with van der Waals surface area (Å²) in [7, 11) is 0. The number of rotatable bonds is 1. The van der Waals surface area contributed by atoms with Crippen molar-refractivity contribution in [2.24, 2.45) is 0 Å². The van der Waals surface area contributed by atoms with Crippen molar-refractivity contribution in [1.82, 2.24) is 0 Å². The Balaban J connectivity index is 2.22. The number of nitrogens with zero attached hydrogens (tertiary/aromatic N) is 1. The minimum Gasteiger partial charge on any atom is -0.349 e. The van der Waals surface area contributed by atoms with Crippen molar-refractivity contribution >= 4 is 29.2 Å². The molecule has 0 atom stereocenters. The fourth-order valence-electron chi connectivity index (χ4n) is 2.06. The number of benzene rings is 2. The van der Waals surface area contributed by atoms with Gasteiger partial charge in [0.25, 0.3) is 5.69 Å². The van der Waals surface area contributed by atoms with Crippen LogP contribution in [-0.4, -0.2) is 4.92 Å². The first-order valence-corrected chi connectivity index (χ1v) is 5.57. The zero-order chi connectivity index (χ0) is 12.5. The van der Waals surface area contributed by atoms with E-state index in [1.165, 1.54) is 6.07 Å². The Hall–Kier alpha value is -2.62. The topological polar surface area (TPSA) is 55.2 Å². The highest BCUT2D eigenvalue weighted by molar-refractivity contribution is 5.90. The Morgan fingerprint density at radius 3 is 2.50 bits per heavy atom. The lowest BCUT2D eigenvalue weighted by Crippen LogP contribution is -1.98. The zero-order valence-electron chi connectivity index (χ0n) is 9.46. The molecule has 0 saturated heterocycles. The van der Waals surface area contributed by atoms with Gasteiger partial charge >= 0.3 is 0 Å². The number of nitro benzene ring substituents is 1. The van der Waals surface area contributed by atoms with E-state index in [2.05, 4.69) is 5.32 Å². The monoisotopic (exact) mass is 238 g/mol. The van der Waals surface area contributed by atoms with Crippen molar-refractivity contribution < 1.29 is 4.92 Å². The van der Waals surface area contributed by atoms with Gasteiger partial charge in [0.05, 0.1) is 4.92 Å². The van der Waals surface area contributed by atoms with E-state index < -0.39 is 0 Å². The van der Waals surface area contributed by atoms with E-state index in [4.69, 9.17) is 0 Å². The van der Waals surface area contributed by atoms with Crippen LogP contribution in [0.1, 0.15) is 11.1 Å². The molecule has 1 aliphatic rings. The summed E-state index contributed by atoms with van der Waals surface area (Å²) >= 11 is 0. The summed E-state index contributed by atoms with van der Waals surface area (Å²) in [5.41, 5.74) is 3.35. The second-order valence-electron chi connectivity index (χ2n) is 4.04. The van der Waals surface area contributed by atoms with Crippen LogP contribution in [0.3, 0.4) is 0 Å². The number of nitro groups is 1. The summed E-state index contributed by atoms with van der Waals surface area (Å²) in [6, 6.07) is 12.8. The van der Waals surface area contributed by atoms with Gasteiger partial charge in [-0.15, -0.1) is 0 Å². The Bertz CT molecular complexity index is 663. The number of fused-ring (bicyclic) bond motifs is 2. The van der Waals surface area contributed by atoms with Crippen molar-refractivity contribution in [3.63, 3.8) is 0 Å². The molecule has 1 aliphatic heterocycles. The highest BCUT2D eigenvalue weighted by atomic mass is 16.6. The van der Waals surface area contributed by atoms with E-state index in [1.807, 2.05) is 42.5 Å². The largest absolute Gasteiger partial charge is 0.349 e. The van der Waals surface area contributed by atoms with Crippen molar-refractivity contribution in [1.29, 1.82) is 0 Å². The molecule has 1 N–H and O–H groups in total. The van der Waals surface area contributed by atoms with Crippen LogP contribution in [0.15, 0.2) is 42.5 Å². The van der Waals surface area contributed by atoms with Gasteiger partial charge in [0.15, 0.2) is 0 Å². The molecule has 18 heavy (non-hydrogen) atoms. The van der Waals surface area contributed by atoms with Gasteiger partial charge in [-0.3, -0.25) is 10.1 Å². The van der Waals surface area contributed by atoms with Crippen molar-refractivity contribution in [2.75, 3.05) is 5.32 Å². The van der Waals surface area contributed by atoms with E-state index >= 15 is 0 Å². The SMILES string of the molecule is O=[N+]([O-])c1cccc2c1Nc1ccccc1C=C2. The molecule has 0 radical (unpaired) electrons. The lowest BCUT2D eigenvalue weighted by atomic mass is 10.1. The van der Waals surface area contributed by atoms with Crippen molar-refractivity contribution in [3.8, 4) is 0 Å². The lowest BCUT2D eigenvalue weighted by molar-refractivity contribution is -0.383. The normalized spacial score (nSPS) is 12.0. The first-order valence-electron chi connectivity index (χ1n) is 5.57. The van der Waals surface area contributed by atoms with E-state index in [0.717, 1.165) is 16.8 Å². The maximum Gasteiger partial charge on any atom is 0.293 e. The van der Waals surface area contributed by atoms with Crippen LogP contribution < -0.4 is 5.32 Å². The molecule has 3 rings (SSSR count). The third kappa shape index (κ3) is 1.64. The molecule has 0 aliphatic carbocycles. The molecule has 0 spiro atoms. The number of nitrogens with one attached hydrogen (secondary N) is 1. The van der Waals surface area contributed by atoms with Crippen LogP contribution in [0.25, 0.3) is 12.2 Å². The molecule has 1 heterocycles. The number of para-hydroxylation sites is 2. The van der Waals surface area contributed by atoms with E-state index in [9.17, 15) is 10.1 Å². The molecular weight excluding hydrogens is 228 g/mol. The second-order valence-corrected chi connectivity index (χ2v) is 4.04. The van der Waals surface area contributed by atoms with Crippen LogP contribution in [0, 0.1) is 10.1 Å². The molecule has 2 aromatic rings. The molecular formula is C14H10N2O2. The number of anilines is 2. The van der Waals surface area contributed by atoms with Crippen LogP contribution in [0.5, 0.6) is 0 Å². The summed E-state index contributed by atoms with van der Waals surface area (Å²) in [5, 5.41) is 14.2. The molecule has 0 bridgehead atoms. The van der Waals surface area contributed by atoms with Crippen molar-refractivity contribution in [2.45, 2.75) is 0 Å². The van der Waals surface area contributed by atoms with E-state index in [1.54, 1.807) is 6.07 Å². The van der Waals surface area contributed by atoms with Crippen molar-refractivity contribution in [3.05, 3.63) is 63.7 Å². The third-order valence-electron chi connectivity index (χ3n) is 2.93. The van der Waals surface area contributed by atoms with Crippen LogP contribution in [0.4, 0.5) is 17.1 Å². The first kappa shape index (κ1) is 10.5. The zero-order valence-corrected chi connectivity index (χ0v) is 9.46. The van der Waals surface area contributed by atoms with Gasteiger partial charge in [-0.2, -0.15) is 0 Å². The first-order chi connectivity index (χ1) is 8.75. The Kier molecular flexibility index (Phi) is 2.34. The van der Waals surface area contributed by atoms with Crippen LogP contribution >= 0.6 is 0 Å². The molecule has 0 amide bonds. The highest BCUT2D eigenvalue weighted by Gasteiger charge is 2.18. The number of hydrogen-bond donors (Lipinski definition) is 1. The van der Waals surface area contributed by atoms with Gasteiger partial charge in [0.2, 0.25) is 0 Å². The smallest absolute Gasteiger partial charge is 0.293 e. The fourth-order valence-corrected chi connectivity index (χ4v) is 2.06. The Morgan fingerprint density at radius 2 is 1.67 bits per heavy atom. The minimum atomic E-state index is -0.367. The summed E-state index contributed by atoms with van der Waals surface area (Å²) in [4.78, 5) is 10.7. The molecule has 88 valence electrons. The molecule has 0 fully saturated rings. The van der Waals surface area contributed by atoms with Crippen LogP contribution in [-0.2, 0) is 0 Å². The number of hydrogen-bond acceptors (Lipinski definition) is 3. The summed E-state index contributed by atoms with van der Waals surface area (Å²) in [6.45, 7) is 0. The van der Waals surface area contributed by atoms with Gasteiger partial charge in [0, 0.05) is 17.3 Å². The maximum atomic E-state index is 11.0. The van der Waals surface area contributed by atoms with Gasteiger partial charge in [-0.1, -0.05) is 42.5 Å². The lowest BCUT2D eigenvalue weighted by Gasteiger charge is -2.09. The van der Waals surface area contributed by atoms with Gasteiger partial charge < -0.3 is 5.32 Å². The van der Waals surface area contributed by atoms with Gasteiger partial charge in [0.1, 0.15) is 5.69 Å². The van der Waals surface area contributed by atoms with E-state index in [-0.39, 0.29) is 10.6 Å². The fraction of sp³-hybridized carbons (Fsp3) is 0. The molecule has 4 nitrogen and oxygen atoms in total. The third-order valence-corrected chi connectivity index (χ3v) is 2.93. The standard InChI is InChI=1S/C14H10N2O2/c17-16(18)13-7-3-5-11-9-8-10-4-1-2-6-12(10)15-14(11)13/h1-9,15H. The quantitative estimate of drug-likeness (QED) is 0.518. The molecule has 0 unspecified atom stereocenters. The van der Waals surface area contributed by atoms with Gasteiger partial charge in [-0.05, 0) is 11.6 Å². The Morgan fingerprint density at radius 1 is 0.944 bits per heavy atom.